The van der Waals surface area contributed by atoms with Gasteiger partial charge < -0.3 is 14.8 Å². The fourth-order valence-corrected chi connectivity index (χ4v) is 3.46. The fourth-order valence-electron chi connectivity index (χ4n) is 3.46. The highest BCUT2D eigenvalue weighted by Crippen LogP contribution is 2.21. The van der Waals surface area contributed by atoms with Gasteiger partial charge in [-0.25, -0.2) is 0 Å². The molecule has 0 unspecified atom stereocenters. The Bertz CT molecular complexity index is 982. The van der Waals surface area contributed by atoms with Crippen LogP contribution in [0.15, 0.2) is 60.9 Å². The summed E-state index contributed by atoms with van der Waals surface area (Å²) < 4.78 is 2.01. The molecule has 1 N–H and O–H groups in total. The Labute approximate surface area is 172 Å². The van der Waals surface area contributed by atoms with Crippen LogP contribution in [-0.2, 0) is 16.0 Å². The van der Waals surface area contributed by atoms with Gasteiger partial charge in [-0.05, 0) is 61.7 Å². The summed E-state index contributed by atoms with van der Waals surface area (Å²) in [6, 6.07) is 15.9. The molecule has 0 aliphatic rings. The zero-order chi connectivity index (χ0) is 21.0. The summed E-state index contributed by atoms with van der Waals surface area (Å²) in [4.78, 5) is 26.4. The van der Waals surface area contributed by atoms with Gasteiger partial charge in [-0.1, -0.05) is 29.8 Å². The van der Waals surface area contributed by atoms with Crippen molar-refractivity contribution in [2.45, 2.75) is 27.2 Å². The number of rotatable bonds is 6. The van der Waals surface area contributed by atoms with E-state index in [0.29, 0.717) is 0 Å². The number of nitrogens with zero attached hydrogens (tertiary/aromatic N) is 2. The van der Waals surface area contributed by atoms with Gasteiger partial charge >= 0.3 is 0 Å². The van der Waals surface area contributed by atoms with E-state index in [1.165, 1.54) is 4.90 Å². The number of carbonyl (C=O) groups excluding carboxylic acids is 2. The zero-order valence-corrected chi connectivity index (χ0v) is 17.4. The SMILES string of the molecule is Cc1cc(C)c(NC(=O)CN(C)C(=O)Cc2ccc(-n3cccc3)cc2)c(C)c1. The quantitative estimate of drug-likeness (QED) is 0.692. The summed E-state index contributed by atoms with van der Waals surface area (Å²) in [6.45, 7) is 6.00. The van der Waals surface area contributed by atoms with Crippen LogP contribution >= 0.6 is 0 Å². The predicted octanol–water partition coefficient (Wildman–Crippen LogP) is 4.04. The van der Waals surface area contributed by atoms with Crippen LogP contribution in [0.25, 0.3) is 5.69 Å². The molecule has 29 heavy (non-hydrogen) atoms. The van der Waals surface area contributed by atoms with Gasteiger partial charge in [0.25, 0.3) is 0 Å². The maximum atomic E-state index is 12.5. The lowest BCUT2D eigenvalue weighted by Gasteiger charge is -2.18. The molecular weight excluding hydrogens is 362 g/mol. The van der Waals surface area contributed by atoms with E-state index >= 15 is 0 Å². The summed E-state index contributed by atoms with van der Waals surface area (Å²) in [5.41, 5.74) is 5.99. The minimum atomic E-state index is -0.196. The van der Waals surface area contributed by atoms with E-state index in [0.717, 1.165) is 33.6 Å². The van der Waals surface area contributed by atoms with Crippen LogP contribution in [0, 0.1) is 20.8 Å². The molecule has 0 bridgehead atoms. The Morgan fingerprint density at radius 1 is 0.966 bits per heavy atom. The predicted molar refractivity (Wildman–Crippen MR) is 116 cm³/mol. The van der Waals surface area contributed by atoms with Gasteiger partial charge in [-0.3, -0.25) is 9.59 Å². The average molecular weight is 389 g/mol. The standard InChI is InChI=1S/C24H27N3O2/c1-17-13-18(2)24(19(3)14-17)25-22(28)16-26(4)23(29)15-20-7-9-21(10-8-20)27-11-5-6-12-27/h5-14H,15-16H2,1-4H3,(H,25,28). The molecule has 5 heteroatoms. The molecule has 3 rings (SSSR count). The molecule has 150 valence electrons. The molecule has 0 aliphatic carbocycles. The van der Waals surface area contributed by atoms with E-state index < -0.39 is 0 Å². The first-order valence-electron chi connectivity index (χ1n) is 9.67. The first kappa shape index (κ1) is 20.4. The van der Waals surface area contributed by atoms with Gasteiger partial charge in [-0.2, -0.15) is 0 Å². The minimum absolute atomic E-state index is 0.0209. The van der Waals surface area contributed by atoms with E-state index in [-0.39, 0.29) is 24.8 Å². The van der Waals surface area contributed by atoms with Gasteiger partial charge in [0.05, 0.1) is 13.0 Å². The van der Waals surface area contributed by atoms with E-state index in [9.17, 15) is 9.59 Å². The van der Waals surface area contributed by atoms with E-state index in [1.807, 2.05) is 86.3 Å². The van der Waals surface area contributed by atoms with Crippen molar-refractivity contribution in [1.82, 2.24) is 9.47 Å². The van der Waals surface area contributed by atoms with Gasteiger partial charge in [0, 0.05) is 30.8 Å². The first-order valence-corrected chi connectivity index (χ1v) is 9.67. The van der Waals surface area contributed by atoms with Crippen LogP contribution < -0.4 is 5.32 Å². The second-order valence-electron chi connectivity index (χ2n) is 7.51. The van der Waals surface area contributed by atoms with Crippen molar-refractivity contribution in [2.75, 3.05) is 18.9 Å². The Balaban J connectivity index is 1.57. The largest absolute Gasteiger partial charge is 0.336 e. The molecule has 2 aromatic carbocycles. The monoisotopic (exact) mass is 389 g/mol. The third-order valence-corrected chi connectivity index (χ3v) is 4.94. The Kier molecular flexibility index (Phi) is 6.17. The van der Waals surface area contributed by atoms with Crippen LogP contribution in [0.2, 0.25) is 0 Å². The van der Waals surface area contributed by atoms with Crippen molar-refractivity contribution in [2.24, 2.45) is 0 Å². The number of carbonyl (C=O) groups is 2. The molecule has 0 spiro atoms. The highest BCUT2D eigenvalue weighted by Gasteiger charge is 2.15. The van der Waals surface area contributed by atoms with Crippen molar-refractivity contribution in [3.8, 4) is 5.69 Å². The van der Waals surface area contributed by atoms with Gasteiger partial charge in [0.15, 0.2) is 0 Å². The van der Waals surface area contributed by atoms with Crippen LogP contribution in [0.1, 0.15) is 22.3 Å². The van der Waals surface area contributed by atoms with Crippen molar-refractivity contribution in [1.29, 1.82) is 0 Å². The number of amides is 2. The number of likely N-dealkylation sites (N-methyl/N-ethyl adjacent to an activating group) is 1. The molecule has 3 aromatic rings. The topological polar surface area (TPSA) is 54.3 Å². The highest BCUT2D eigenvalue weighted by molar-refractivity contribution is 5.96. The summed E-state index contributed by atoms with van der Waals surface area (Å²) in [5, 5.41) is 2.94. The second kappa shape index (κ2) is 8.78. The molecule has 0 saturated heterocycles. The number of benzene rings is 2. The fraction of sp³-hybridized carbons (Fsp3) is 0.250. The number of aryl methyl sites for hydroxylation is 3. The molecule has 0 fully saturated rings. The second-order valence-corrected chi connectivity index (χ2v) is 7.51. The Hall–Kier alpha value is -3.34. The number of anilines is 1. The molecule has 0 radical (unpaired) electrons. The number of hydrogen-bond acceptors (Lipinski definition) is 2. The summed E-state index contributed by atoms with van der Waals surface area (Å²) in [7, 11) is 1.66. The van der Waals surface area contributed by atoms with Gasteiger partial charge in [-0.15, -0.1) is 0 Å². The molecule has 2 amide bonds. The maximum absolute atomic E-state index is 12.5. The van der Waals surface area contributed by atoms with Crippen LogP contribution in [0.4, 0.5) is 5.69 Å². The maximum Gasteiger partial charge on any atom is 0.243 e. The van der Waals surface area contributed by atoms with Gasteiger partial charge in [0.2, 0.25) is 11.8 Å². The first-order chi connectivity index (χ1) is 13.8. The molecular formula is C24H27N3O2. The lowest BCUT2D eigenvalue weighted by atomic mass is 10.1. The minimum Gasteiger partial charge on any atom is -0.336 e. The lowest BCUT2D eigenvalue weighted by molar-refractivity contribution is -0.132. The molecule has 0 aliphatic heterocycles. The molecule has 1 aromatic heterocycles. The zero-order valence-electron chi connectivity index (χ0n) is 17.4. The van der Waals surface area contributed by atoms with Crippen molar-refractivity contribution in [3.63, 3.8) is 0 Å². The molecule has 0 atom stereocenters. The third kappa shape index (κ3) is 5.13. The molecule has 0 saturated carbocycles. The number of aromatic nitrogens is 1. The number of nitrogens with one attached hydrogen (secondary N) is 1. The van der Waals surface area contributed by atoms with Crippen molar-refractivity contribution >= 4 is 17.5 Å². The Morgan fingerprint density at radius 3 is 2.14 bits per heavy atom. The summed E-state index contributed by atoms with van der Waals surface area (Å²) >= 11 is 0. The average Bonchev–Trinajstić information content (AvgIpc) is 3.20. The van der Waals surface area contributed by atoms with Crippen LogP contribution in [-0.4, -0.2) is 34.9 Å². The van der Waals surface area contributed by atoms with Crippen LogP contribution in [0.5, 0.6) is 0 Å². The van der Waals surface area contributed by atoms with Crippen LogP contribution in [0.3, 0.4) is 0 Å². The summed E-state index contributed by atoms with van der Waals surface area (Å²) in [5.74, 6) is -0.287. The highest BCUT2D eigenvalue weighted by atomic mass is 16.2. The van der Waals surface area contributed by atoms with Gasteiger partial charge in [0.1, 0.15) is 0 Å². The smallest absolute Gasteiger partial charge is 0.243 e. The number of hydrogen-bond donors (Lipinski definition) is 1. The van der Waals surface area contributed by atoms with Crippen molar-refractivity contribution in [3.05, 3.63) is 83.2 Å². The normalized spacial score (nSPS) is 10.6. The van der Waals surface area contributed by atoms with E-state index in [4.69, 9.17) is 0 Å². The van der Waals surface area contributed by atoms with E-state index in [1.54, 1.807) is 7.05 Å². The Morgan fingerprint density at radius 2 is 1.55 bits per heavy atom. The summed E-state index contributed by atoms with van der Waals surface area (Å²) in [6.07, 6.45) is 4.21. The third-order valence-electron chi connectivity index (χ3n) is 4.94. The molecule has 5 nitrogen and oxygen atoms in total. The van der Waals surface area contributed by atoms with E-state index in [2.05, 4.69) is 5.32 Å². The molecule has 1 heterocycles. The lowest BCUT2D eigenvalue weighted by Crippen LogP contribution is -2.36. The van der Waals surface area contributed by atoms with Crippen molar-refractivity contribution < 1.29 is 9.59 Å².